The lowest BCUT2D eigenvalue weighted by atomic mass is 9.70. The maximum atomic E-state index is 14.0. The van der Waals surface area contributed by atoms with Gasteiger partial charge in [0.25, 0.3) is 0 Å². The lowest BCUT2D eigenvalue weighted by Gasteiger charge is -2.41. The lowest BCUT2D eigenvalue weighted by molar-refractivity contribution is -0.133. The standard InChI is InChI=1S/C32H34Cl2N2O2/c1-23(37)31(25-11-7-4-8-12-25)15-17-36(18-16-31)22-27-20-32(27,26-13-14-28(33)29(34)19-26)30(38)35(2)21-24-9-5-3-6-10-24/h3-14,19,27H,15-18,20-22H2,1-2H3. The third kappa shape index (κ3) is 5.02. The molecular weight excluding hydrogens is 515 g/mol. The van der Waals surface area contributed by atoms with Crippen LogP contribution in [0.2, 0.25) is 10.0 Å². The quantitative estimate of drug-likeness (QED) is 0.321. The zero-order valence-corrected chi connectivity index (χ0v) is 23.5. The molecule has 4 nitrogen and oxygen atoms in total. The number of hydrogen-bond acceptors (Lipinski definition) is 3. The smallest absolute Gasteiger partial charge is 0.233 e. The highest BCUT2D eigenvalue weighted by molar-refractivity contribution is 6.42. The van der Waals surface area contributed by atoms with Gasteiger partial charge in [0.2, 0.25) is 5.91 Å². The van der Waals surface area contributed by atoms with E-state index in [4.69, 9.17) is 23.2 Å². The fourth-order valence-corrected chi connectivity index (χ4v) is 6.66. The van der Waals surface area contributed by atoms with E-state index in [-0.39, 0.29) is 17.6 Å². The molecule has 0 radical (unpaired) electrons. The second-order valence-electron chi connectivity index (χ2n) is 11.0. The Kier molecular flexibility index (Phi) is 7.68. The molecule has 2 unspecified atom stereocenters. The Morgan fingerprint density at radius 3 is 2.13 bits per heavy atom. The number of ketones is 1. The van der Waals surface area contributed by atoms with Gasteiger partial charge in [0.1, 0.15) is 5.78 Å². The van der Waals surface area contributed by atoms with Crippen LogP contribution in [0.3, 0.4) is 0 Å². The second kappa shape index (κ2) is 10.8. The van der Waals surface area contributed by atoms with Crippen molar-refractivity contribution in [2.24, 2.45) is 5.92 Å². The number of nitrogens with zero attached hydrogens (tertiary/aromatic N) is 2. The number of halogens is 2. The largest absolute Gasteiger partial charge is 0.341 e. The molecule has 0 bridgehead atoms. The monoisotopic (exact) mass is 548 g/mol. The van der Waals surface area contributed by atoms with Gasteiger partial charge in [-0.25, -0.2) is 0 Å². The Morgan fingerprint density at radius 2 is 1.53 bits per heavy atom. The van der Waals surface area contributed by atoms with E-state index in [9.17, 15) is 9.59 Å². The number of likely N-dealkylation sites (tertiary alicyclic amines) is 1. The third-order valence-corrected chi connectivity index (χ3v) is 9.46. The minimum absolute atomic E-state index is 0.115. The van der Waals surface area contributed by atoms with E-state index in [1.165, 1.54) is 0 Å². The molecule has 0 aromatic heterocycles. The van der Waals surface area contributed by atoms with Crippen molar-refractivity contribution in [2.75, 3.05) is 26.7 Å². The highest BCUT2D eigenvalue weighted by atomic mass is 35.5. The molecule has 1 aliphatic heterocycles. The molecule has 3 aromatic rings. The molecule has 1 aliphatic carbocycles. The van der Waals surface area contributed by atoms with E-state index in [2.05, 4.69) is 17.0 Å². The van der Waals surface area contributed by atoms with Gasteiger partial charge in [0.05, 0.1) is 20.9 Å². The van der Waals surface area contributed by atoms with Crippen LogP contribution < -0.4 is 0 Å². The predicted molar refractivity (Wildman–Crippen MR) is 154 cm³/mol. The van der Waals surface area contributed by atoms with Crippen LogP contribution in [0.4, 0.5) is 0 Å². The summed E-state index contributed by atoms with van der Waals surface area (Å²) in [5.41, 5.74) is 2.10. The van der Waals surface area contributed by atoms with Crippen molar-refractivity contribution in [3.8, 4) is 0 Å². The van der Waals surface area contributed by atoms with E-state index in [0.29, 0.717) is 16.6 Å². The van der Waals surface area contributed by atoms with Gasteiger partial charge < -0.3 is 9.80 Å². The van der Waals surface area contributed by atoms with E-state index in [1.54, 1.807) is 13.0 Å². The van der Waals surface area contributed by atoms with Crippen molar-refractivity contribution in [3.05, 3.63) is 106 Å². The number of rotatable bonds is 8. The first-order valence-corrected chi connectivity index (χ1v) is 14.1. The molecule has 198 valence electrons. The molecule has 1 saturated heterocycles. The first-order valence-electron chi connectivity index (χ1n) is 13.3. The summed E-state index contributed by atoms with van der Waals surface area (Å²) in [5, 5.41) is 0.963. The summed E-state index contributed by atoms with van der Waals surface area (Å²) in [7, 11) is 1.88. The maximum Gasteiger partial charge on any atom is 0.233 e. The molecule has 0 N–H and O–H groups in total. The van der Waals surface area contributed by atoms with E-state index in [0.717, 1.165) is 55.6 Å². The molecule has 2 atom stereocenters. The summed E-state index contributed by atoms with van der Waals surface area (Å²) < 4.78 is 0. The first kappa shape index (κ1) is 26.9. The third-order valence-electron chi connectivity index (χ3n) is 8.72. The van der Waals surface area contributed by atoms with Crippen LogP contribution in [0, 0.1) is 5.92 Å². The number of piperidine rings is 1. The molecule has 0 spiro atoms. The molecule has 1 amide bonds. The number of carbonyl (C=O) groups excluding carboxylic acids is 2. The van der Waals surface area contributed by atoms with Gasteiger partial charge >= 0.3 is 0 Å². The average molecular weight is 550 g/mol. The molecule has 5 rings (SSSR count). The van der Waals surface area contributed by atoms with Gasteiger partial charge in [0.15, 0.2) is 0 Å². The molecule has 6 heteroatoms. The minimum atomic E-state index is -0.619. The van der Waals surface area contributed by atoms with Crippen LogP contribution >= 0.6 is 23.2 Å². The molecule has 38 heavy (non-hydrogen) atoms. The van der Waals surface area contributed by atoms with Crippen molar-refractivity contribution in [3.63, 3.8) is 0 Å². The highest BCUT2D eigenvalue weighted by Gasteiger charge is 2.62. The highest BCUT2D eigenvalue weighted by Crippen LogP contribution is 2.57. The topological polar surface area (TPSA) is 40.6 Å². The molecule has 2 aliphatic rings. The van der Waals surface area contributed by atoms with E-state index >= 15 is 0 Å². The van der Waals surface area contributed by atoms with Crippen LogP contribution in [-0.4, -0.2) is 48.2 Å². The molecule has 3 aromatic carbocycles. The van der Waals surface area contributed by atoms with Crippen molar-refractivity contribution >= 4 is 34.9 Å². The van der Waals surface area contributed by atoms with Gasteiger partial charge in [-0.1, -0.05) is 89.9 Å². The van der Waals surface area contributed by atoms with Crippen LogP contribution in [0.15, 0.2) is 78.9 Å². The summed E-state index contributed by atoms with van der Waals surface area (Å²) in [6, 6.07) is 25.9. The SMILES string of the molecule is CC(=O)C1(c2ccccc2)CCN(CC2CC2(C(=O)N(C)Cc2ccccc2)c2ccc(Cl)c(Cl)c2)CC1. The number of benzene rings is 3. The molecular formula is C32H34Cl2N2O2. The molecule has 2 fully saturated rings. The predicted octanol–water partition coefficient (Wildman–Crippen LogP) is 6.53. The van der Waals surface area contributed by atoms with Gasteiger partial charge in [-0.3, -0.25) is 9.59 Å². The van der Waals surface area contributed by atoms with Crippen molar-refractivity contribution in [1.82, 2.24) is 9.80 Å². The fraction of sp³-hybridized carbons (Fsp3) is 0.375. The van der Waals surface area contributed by atoms with E-state index < -0.39 is 10.8 Å². The number of carbonyl (C=O) groups is 2. The Bertz CT molecular complexity index is 1310. The van der Waals surface area contributed by atoms with Gasteiger partial charge in [-0.15, -0.1) is 0 Å². The first-order chi connectivity index (χ1) is 18.3. The normalized spacial score (nSPS) is 22.6. The van der Waals surface area contributed by atoms with E-state index in [1.807, 2.05) is 72.6 Å². The summed E-state index contributed by atoms with van der Waals surface area (Å²) >= 11 is 12.7. The summed E-state index contributed by atoms with van der Waals surface area (Å²) in [5.74, 6) is 0.522. The summed E-state index contributed by atoms with van der Waals surface area (Å²) in [4.78, 5) is 31.1. The number of hydrogen-bond donors (Lipinski definition) is 0. The fourth-order valence-electron chi connectivity index (χ4n) is 6.36. The molecule has 1 heterocycles. The number of Topliss-reactive ketones (excluding diaryl/α,β-unsaturated/α-hetero) is 1. The Morgan fingerprint density at radius 1 is 0.895 bits per heavy atom. The van der Waals surface area contributed by atoms with Crippen molar-refractivity contribution in [1.29, 1.82) is 0 Å². The summed E-state index contributed by atoms with van der Waals surface area (Å²) in [6.07, 6.45) is 2.36. The van der Waals surface area contributed by atoms with Crippen LogP contribution in [0.25, 0.3) is 0 Å². The number of likely N-dealkylation sites (N-methyl/N-ethyl adjacent to an activating group) is 1. The van der Waals surface area contributed by atoms with Crippen molar-refractivity contribution in [2.45, 2.75) is 43.6 Å². The second-order valence-corrected chi connectivity index (χ2v) is 11.8. The Balaban J connectivity index is 1.34. The zero-order chi connectivity index (χ0) is 26.9. The Labute approximate surface area is 235 Å². The number of amides is 1. The van der Waals surface area contributed by atoms with Gasteiger partial charge in [0, 0.05) is 20.1 Å². The lowest BCUT2D eigenvalue weighted by Crippen LogP contribution is -2.47. The van der Waals surface area contributed by atoms with Crippen LogP contribution in [0.1, 0.15) is 42.9 Å². The maximum absolute atomic E-state index is 14.0. The van der Waals surface area contributed by atoms with Gasteiger partial charge in [-0.05, 0) is 74.0 Å². The zero-order valence-electron chi connectivity index (χ0n) is 22.0. The minimum Gasteiger partial charge on any atom is -0.341 e. The Hall–Kier alpha value is -2.66. The van der Waals surface area contributed by atoms with Gasteiger partial charge in [-0.2, -0.15) is 0 Å². The van der Waals surface area contributed by atoms with Crippen LogP contribution in [0.5, 0.6) is 0 Å². The summed E-state index contributed by atoms with van der Waals surface area (Å²) in [6.45, 7) is 4.75. The molecule has 1 saturated carbocycles. The average Bonchev–Trinajstić information content (AvgIpc) is 3.65. The van der Waals surface area contributed by atoms with Crippen LogP contribution in [-0.2, 0) is 27.0 Å². The van der Waals surface area contributed by atoms with Crippen molar-refractivity contribution < 1.29 is 9.59 Å².